The SMILES string of the molecule is C=C(C)CCC(=O)C1(C)OC(=O)C23CCC4C(=CCC5C(C)(C)C(OC6OCC(OS(=O)(=O)O)C(O)C6OC6OC(C)C(OC7OC(CO)C(O)C(OC8OC(CO)C(O)C(OC)C8O)C7O)C(O)C6O)CCC45C)C2(C)CCC13. The van der Waals surface area contributed by atoms with Crippen LogP contribution in [0.3, 0.4) is 0 Å². The zero-order valence-corrected chi connectivity index (χ0v) is 47.4. The summed E-state index contributed by atoms with van der Waals surface area (Å²) in [6.07, 6.45) is -24.9. The van der Waals surface area contributed by atoms with Crippen molar-refractivity contribution in [3.8, 4) is 0 Å². The molecule has 0 aromatic heterocycles. The normalized spacial score (nSPS) is 50.1. The van der Waals surface area contributed by atoms with Crippen LogP contribution in [0.4, 0.5) is 0 Å². The minimum Gasteiger partial charge on any atom is -0.451 e. The lowest BCUT2D eigenvalue weighted by Crippen LogP contribution is -2.67. The number of ether oxygens (including phenoxy) is 10. The fourth-order valence-electron chi connectivity index (χ4n) is 16.0. The van der Waals surface area contributed by atoms with Gasteiger partial charge in [-0.3, -0.25) is 14.1 Å². The number of esters is 1. The fraction of sp³-hybridized carbons (Fsp3) is 0.889. The smallest absolute Gasteiger partial charge is 0.397 e. The van der Waals surface area contributed by atoms with E-state index in [4.69, 9.17) is 51.6 Å². The van der Waals surface area contributed by atoms with E-state index >= 15 is 0 Å². The lowest BCUT2D eigenvalue weighted by atomic mass is 9.40. The molecule has 0 amide bonds. The predicted octanol–water partition coefficient (Wildman–Crippen LogP) is -0.382. The van der Waals surface area contributed by atoms with Crippen LogP contribution in [0.5, 0.6) is 0 Å². The van der Waals surface area contributed by atoms with Gasteiger partial charge in [0.1, 0.15) is 85.5 Å². The molecule has 4 aliphatic carbocycles. The van der Waals surface area contributed by atoms with Crippen molar-refractivity contribution in [1.82, 2.24) is 0 Å². The van der Waals surface area contributed by atoms with E-state index in [9.17, 15) is 68.5 Å². The number of Topliss-reactive ketones (excluding diaryl/α,β-unsaturated/α-hetero) is 1. The Hall–Kier alpha value is -2.23. The van der Waals surface area contributed by atoms with Gasteiger partial charge in [-0.25, -0.2) is 4.18 Å². The summed E-state index contributed by atoms with van der Waals surface area (Å²) < 4.78 is 97.9. The number of aliphatic hydroxyl groups is 9. The second-order valence-electron chi connectivity index (χ2n) is 25.2. The van der Waals surface area contributed by atoms with Crippen LogP contribution in [0.2, 0.25) is 0 Å². The van der Waals surface area contributed by atoms with Crippen molar-refractivity contribution >= 4 is 22.2 Å². The molecule has 456 valence electrons. The highest BCUT2D eigenvalue weighted by Crippen LogP contribution is 2.76. The summed E-state index contributed by atoms with van der Waals surface area (Å²) in [5.41, 5.74) is -1.35. The van der Waals surface area contributed by atoms with Gasteiger partial charge < -0.3 is 93.3 Å². The third kappa shape index (κ3) is 10.4. The first-order valence-corrected chi connectivity index (χ1v) is 29.3. The number of allylic oxidation sites excluding steroid dienone is 3. The second kappa shape index (κ2) is 22.9. The average molecular weight is 1170 g/mol. The lowest BCUT2D eigenvalue weighted by Gasteiger charge is -2.64. The van der Waals surface area contributed by atoms with Crippen LogP contribution in [-0.2, 0) is 71.5 Å². The molecule has 80 heavy (non-hydrogen) atoms. The van der Waals surface area contributed by atoms with Crippen LogP contribution >= 0.6 is 0 Å². The van der Waals surface area contributed by atoms with E-state index in [2.05, 4.69) is 40.3 Å². The molecule has 9 rings (SSSR count). The van der Waals surface area contributed by atoms with Crippen molar-refractivity contribution in [2.45, 2.75) is 235 Å². The number of cyclic esters (lactones) is 1. The predicted molar refractivity (Wildman–Crippen MR) is 271 cm³/mol. The maximum absolute atomic E-state index is 14.4. The maximum Gasteiger partial charge on any atom is 0.397 e. The molecule has 27 atom stereocenters. The Morgan fingerprint density at radius 2 is 1.31 bits per heavy atom. The van der Waals surface area contributed by atoms with Gasteiger partial charge in [-0.2, -0.15) is 8.42 Å². The first kappa shape index (κ1) is 62.3. The molecule has 5 aliphatic heterocycles. The van der Waals surface area contributed by atoms with Gasteiger partial charge >= 0.3 is 16.4 Å². The molecule has 27 unspecified atom stereocenters. The van der Waals surface area contributed by atoms with E-state index in [1.54, 1.807) is 6.92 Å². The Balaban J connectivity index is 0.902. The molecule has 5 saturated heterocycles. The minimum absolute atomic E-state index is 0.00839. The van der Waals surface area contributed by atoms with E-state index in [1.807, 2.05) is 6.92 Å². The summed E-state index contributed by atoms with van der Waals surface area (Å²) in [7, 11) is -3.98. The summed E-state index contributed by atoms with van der Waals surface area (Å²) in [6.45, 7) is 15.5. The van der Waals surface area contributed by atoms with Crippen LogP contribution in [-0.4, -0.2) is 226 Å². The zero-order chi connectivity index (χ0) is 58.6. The van der Waals surface area contributed by atoms with E-state index in [0.29, 0.717) is 44.9 Å². The molecule has 0 bridgehead atoms. The topological polar surface area (TPSA) is 372 Å². The number of rotatable bonds is 17. The van der Waals surface area contributed by atoms with Crippen LogP contribution in [0.25, 0.3) is 0 Å². The van der Waals surface area contributed by atoms with Crippen molar-refractivity contribution in [2.24, 2.45) is 39.4 Å². The largest absolute Gasteiger partial charge is 0.451 e. The Kier molecular flexibility index (Phi) is 17.8. The summed E-state index contributed by atoms with van der Waals surface area (Å²) >= 11 is 0. The summed E-state index contributed by atoms with van der Waals surface area (Å²) in [4.78, 5) is 28.2. The number of carbonyl (C=O) groups is 2. The minimum atomic E-state index is -5.17. The molecular formula is C54H84O25S. The lowest BCUT2D eigenvalue weighted by molar-refractivity contribution is -0.389. The Labute approximate surface area is 465 Å². The molecule has 10 N–H and O–H groups in total. The number of ketones is 1. The highest BCUT2D eigenvalue weighted by Gasteiger charge is 2.77. The fourth-order valence-corrected chi connectivity index (χ4v) is 16.5. The van der Waals surface area contributed by atoms with E-state index in [-0.39, 0.29) is 41.3 Å². The van der Waals surface area contributed by atoms with Gasteiger partial charge in [-0.05, 0) is 94.8 Å². The molecule has 0 aromatic carbocycles. The van der Waals surface area contributed by atoms with Crippen molar-refractivity contribution < 1.29 is 120 Å². The van der Waals surface area contributed by atoms with Crippen molar-refractivity contribution in [1.29, 1.82) is 0 Å². The van der Waals surface area contributed by atoms with E-state index < -0.39 is 175 Å². The first-order chi connectivity index (χ1) is 37.4. The third-order valence-corrected chi connectivity index (χ3v) is 20.9. The zero-order valence-electron chi connectivity index (χ0n) is 46.6. The van der Waals surface area contributed by atoms with Gasteiger partial charge in [0.25, 0.3) is 0 Å². The van der Waals surface area contributed by atoms with Crippen molar-refractivity contribution in [3.05, 3.63) is 23.8 Å². The maximum atomic E-state index is 14.4. The number of aliphatic hydroxyl groups excluding tert-OH is 9. The molecule has 5 heterocycles. The summed E-state index contributed by atoms with van der Waals surface area (Å²) in [5.74, 6) is -0.517. The van der Waals surface area contributed by atoms with Gasteiger partial charge in [0, 0.05) is 24.9 Å². The Morgan fingerprint density at radius 1 is 0.713 bits per heavy atom. The second-order valence-corrected chi connectivity index (χ2v) is 26.2. The molecule has 0 radical (unpaired) electrons. The van der Waals surface area contributed by atoms with Crippen molar-refractivity contribution in [2.75, 3.05) is 26.9 Å². The highest BCUT2D eigenvalue weighted by atomic mass is 32.3. The molecule has 0 aromatic rings. The summed E-state index contributed by atoms with van der Waals surface area (Å²) in [5, 5.41) is 99.1. The molecule has 1 spiro atoms. The molecular weight excluding hydrogens is 1080 g/mol. The summed E-state index contributed by atoms with van der Waals surface area (Å²) in [6, 6.07) is 0. The van der Waals surface area contributed by atoms with Gasteiger partial charge in [0.2, 0.25) is 0 Å². The number of methoxy groups -OCH3 is 1. The third-order valence-electron chi connectivity index (χ3n) is 20.4. The quantitative estimate of drug-likeness (QED) is 0.0504. The molecule has 3 saturated carbocycles. The average Bonchev–Trinajstić information content (AvgIpc) is 4.08. The van der Waals surface area contributed by atoms with E-state index in [0.717, 1.165) is 12.0 Å². The van der Waals surface area contributed by atoms with Crippen molar-refractivity contribution in [3.63, 3.8) is 0 Å². The molecule has 8 fully saturated rings. The number of hydrogen-bond acceptors (Lipinski definition) is 24. The van der Waals surface area contributed by atoms with E-state index in [1.165, 1.54) is 19.6 Å². The molecule has 25 nitrogen and oxygen atoms in total. The Morgan fingerprint density at radius 3 is 1.93 bits per heavy atom. The monoisotopic (exact) mass is 1160 g/mol. The van der Waals surface area contributed by atoms with Crippen LogP contribution in [0.15, 0.2) is 23.8 Å². The van der Waals surface area contributed by atoms with Crippen LogP contribution in [0.1, 0.15) is 106 Å². The first-order valence-electron chi connectivity index (χ1n) is 27.9. The number of carbonyl (C=O) groups excluding carboxylic acids is 2. The molecule has 26 heteroatoms. The van der Waals surface area contributed by atoms with Gasteiger partial charge in [0.05, 0.1) is 37.4 Å². The highest BCUT2D eigenvalue weighted by molar-refractivity contribution is 7.80. The van der Waals surface area contributed by atoms with Crippen LogP contribution in [0, 0.1) is 39.4 Å². The van der Waals surface area contributed by atoms with Crippen LogP contribution < -0.4 is 0 Å². The number of hydrogen-bond donors (Lipinski definition) is 10. The number of fused-ring (bicyclic) bond motifs is 4. The van der Waals surface area contributed by atoms with Gasteiger partial charge in [-0.1, -0.05) is 44.9 Å². The van der Waals surface area contributed by atoms with Gasteiger partial charge in [-0.15, -0.1) is 6.58 Å². The Bertz CT molecular complexity index is 2430. The molecule has 9 aliphatic rings. The van der Waals surface area contributed by atoms with Gasteiger partial charge in [0.15, 0.2) is 36.5 Å². The standard InChI is InChI=1S/C54H84O25S/c1-23(2)10-13-32(57)53(8)31-15-18-52(7)26-11-12-30-50(4,5)33(16-17-51(30,6)25(26)14-19-54(31,52)49(65)78-53)74-48-44(36(60)29(22-70-48)79-80(66,67)68)77-45-38(62)37(61)41(24(3)71-45)75-47-40(64)43(35(59)28(21-56)73-47)76-46-39(63)42(69-9)34(58)27(20-55)72-46/h11,24-25,27-31,33-48,55-56,58-64H,1,10,12-22H2,2-9H3,(H,66,67,68).